The second-order valence-electron chi connectivity index (χ2n) is 4.24. The predicted molar refractivity (Wildman–Crippen MR) is 74.5 cm³/mol. The molecule has 0 radical (unpaired) electrons. The average Bonchev–Trinajstić information content (AvgIpc) is 2.46. The molecule has 1 aromatic heterocycles. The molecule has 0 unspecified atom stereocenters. The molecule has 0 spiro atoms. The lowest BCUT2D eigenvalue weighted by atomic mass is 10.1. The molecule has 3 rings (SSSR count). The van der Waals surface area contributed by atoms with Crippen LogP contribution in [0.4, 0.5) is 5.69 Å². The van der Waals surface area contributed by atoms with E-state index in [-0.39, 0.29) is 16.9 Å². The number of para-hydroxylation sites is 2. The average molecular weight is 267 g/mol. The zero-order chi connectivity index (χ0) is 14.1. The van der Waals surface area contributed by atoms with Gasteiger partial charge in [0.1, 0.15) is 5.69 Å². The number of aromatic amines is 1. The van der Waals surface area contributed by atoms with Gasteiger partial charge in [0.2, 0.25) is 0 Å². The highest BCUT2D eigenvalue weighted by Crippen LogP contribution is 2.19. The fraction of sp³-hybridized carbons (Fsp3) is 0. The fourth-order valence-electron chi connectivity index (χ4n) is 1.97. The van der Waals surface area contributed by atoms with E-state index in [0.29, 0.717) is 16.6 Å². The Labute approximate surface area is 112 Å². The molecule has 2 aromatic carbocycles. The van der Waals surface area contributed by atoms with E-state index in [1.54, 1.807) is 12.1 Å². The number of nitro benzene ring substituents is 1. The standard InChI is InChI=1S/C14H9N3O3/c18-14-13(9-5-7-10(8-6-9)17(19)20)15-11-3-1-2-4-12(11)16-14/h1-8H,(H,16,18). The van der Waals surface area contributed by atoms with Gasteiger partial charge in [-0.1, -0.05) is 12.1 Å². The topological polar surface area (TPSA) is 88.9 Å². The van der Waals surface area contributed by atoms with E-state index in [1.165, 1.54) is 24.3 Å². The first-order valence-corrected chi connectivity index (χ1v) is 5.89. The van der Waals surface area contributed by atoms with Crippen molar-refractivity contribution in [2.45, 2.75) is 0 Å². The molecule has 0 fully saturated rings. The highest BCUT2D eigenvalue weighted by Gasteiger charge is 2.10. The first-order valence-electron chi connectivity index (χ1n) is 5.89. The van der Waals surface area contributed by atoms with E-state index in [2.05, 4.69) is 9.97 Å². The quantitative estimate of drug-likeness (QED) is 0.570. The second-order valence-corrected chi connectivity index (χ2v) is 4.24. The molecule has 1 heterocycles. The number of non-ortho nitro benzene ring substituents is 1. The SMILES string of the molecule is O=c1[nH]c2ccccc2nc1-c1ccc([N+](=O)[O-])cc1. The van der Waals surface area contributed by atoms with Gasteiger partial charge in [-0.05, 0) is 24.3 Å². The summed E-state index contributed by atoms with van der Waals surface area (Å²) >= 11 is 0. The number of H-pyrrole nitrogens is 1. The van der Waals surface area contributed by atoms with E-state index in [0.717, 1.165) is 0 Å². The third-order valence-corrected chi connectivity index (χ3v) is 2.95. The molecule has 0 aliphatic heterocycles. The van der Waals surface area contributed by atoms with Gasteiger partial charge in [-0.15, -0.1) is 0 Å². The van der Waals surface area contributed by atoms with Gasteiger partial charge < -0.3 is 4.98 Å². The molecule has 1 N–H and O–H groups in total. The Hall–Kier alpha value is -3.02. The van der Waals surface area contributed by atoms with Crippen LogP contribution in [0.5, 0.6) is 0 Å². The largest absolute Gasteiger partial charge is 0.319 e. The Morgan fingerprint density at radius 3 is 2.45 bits per heavy atom. The number of nitrogens with zero attached hydrogens (tertiary/aromatic N) is 2. The Balaban J connectivity index is 2.16. The van der Waals surface area contributed by atoms with Crippen molar-refractivity contribution >= 4 is 16.7 Å². The Kier molecular flexibility index (Phi) is 2.76. The summed E-state index contributed by atoms with van der Waals surface area (Å²) < 4.78 is 0. The van der Waals surface area contributed by atoms with Crippen molar-refractivity contribution in [1.82, 2.24) is 9.97 Å². The maximum Gasteiger partial charge on any atom is 0.274 e. The van der Waals surface area contributed by atoms with Gasteiger partial charge in [-0.25, -0.2) is 4.98 Å². The number of rotatable bonds is 2. The van der Waals surface area contributed by atoms with Crippen LogP contribution in [0, 0.1) is 10.1 Å². The summed E-state index contributed by atoms with van der Waals surface area (Å²) in [5.74, 6) is 0. The van der Waals surface area contributed by atoms with Crippen molar-refractivity contribution in [2.24, 2.45) is 0 Å². The van der Waals surface area contributed by atoms with Crippen LogP contribution >= 0.6 is 0 Å². The van der Waals surface area contributed by atoms with Crippen LogP contribution in [0.1, 0.15) is 0 Å². The van der Waals surface area contributed by atoms with Gasteiger partial charge in [0.05, 0.1) is 16.0 Å². The van der Waals surface area contributed by atoms with E-state index in [4.69, 9.17) is 0 Å². The minimum absolute atomic E-state index is 0.0223. The minimum atomic E-state index is -0.484. The van der Waals surface area contributed by atoms with Crippen molar-refractivity contribution < 1.29 is 4.92 Å². The molecule has 6 nitrogen and oxygen atoms in total. The molecule has 0 saturated carbocycles. The van der Waals surface area contributed by atoms with Crippen molar-refractivity contribution in [3.8, 4) is 11.3 Å². The summed E-state index contributed by atoms with van der Waals surface area (Å²) in [6.07, 6.45) is 0. The Morgan fingerprint density at radius 1 is 1.05 bits per heavy atom. The maximum absolute atomic E-state index is 12.0. The van der Waals surface area contributed by atoms with E-state index in [1.807, 2.05) is 12.1 Å². The van der Waals surface area contributed by atoms with Gasteiger partial charge in [-0.3, -0.25) is 14.9 Å². The predicted octanol–water partition coefficient (Wildman–Crippen LogP) is 2.50. The third-order valence-electron chi connectivity index (χ3n) is 2.95. The number of aromatic nitrogens is 2. The molecule has 0 atom stereocenters. The van der Waals surface area contributed by atoms with Crippen molar-refractivity contribution in [1.29, 1.82) is 0 Å². The van der Waals surface area contributed by atoms with Crippen LogP contribution in [0.3, 0.4) is 0 Å². The van der Waals surface area contributed by atoms with Crippen LogP contribution in [-0.4, -0.2) is 14.9 Å². The first kappa shape index (κ1) is 12.0. The normalized spacial score (nSPS) is 10.6. The van der Waals surface area contributed by atoms with Crippen molar-refractivity contribution in [3.05, 3.63) is 69.0 Å². The van der Waals surface area contributed by atoms with E-state index in [9.17, 15) is 14.9 Å². The summed E-state index contributed by atoms with van der Waals surface area (Å²) in [7, 11) is 0. The molecule has 0 aliphatic carbocycles. The summed E-state index contributed by atoms with van der Waals surface area (Å²) in [4.78, 5) is 29.2. The molecule has 6 heteroatoms. The van der Waals surface area contributed by atoms with Crippen LogP contribution in [0.2, 0.25) is 0 Å². The van der Waals surface area contributed by atoms with E-state index >= 15 is 0 Å². The zero-order valence-electron chi connectivity index (χ0n) is 10.2. The highest BCUT2D eigenvalue weighted by molar-refractivity contribution is 5.76. The Morgan fingerprint density at radius 2 is 1.75 bits per heavy atom. The van der Waals surface area contributed by atoms with Gasteiger partial charge >= 0.3 is 0 Å². The zero-order valence-corrected chi connectivity index (χ0v) is 10.2. The number of benzene rings is 2. The molecular weight excluding hydrogens is 258 g/mol. The number of fused-ring (bicyclic) bond motifs is 1. The summed E-state index contributed by atoms with van der Waals surface area (Å²) in [5.41, 5.74) is 1.77. The summed E-state index contributed by atoms with van der Waals surface area (Å²) in [5, 5.41) is 10.6. The lowest BCUT2D eigenvalue weighted by Gasteiger charge is -2.02. The van der Waals surface area contributed by atoms with Crippen LogP contribution < -0.4 is 5.56 Å². The van der Waals surface area contributed by atoms with E-state index < -0.39 is 4.92 Å². The molecule has 20 heavy (non-hydrogen) atoms. The van der Waals surface area contributed by atoms with Gasteiger partial charge in [-0.2, -0.15) is 0 Å². The number of nitrogens with one attached hydrogen (secondary N) is 1. The molecule has 0 bridgehead atoms. The van der Waals surface area contributed by atoms with Gasteiger partial charge in [0, 0.05) is 17.7 Å². The molecule has 0 aliphatic rings. The molecule has 3 aromatic rings. The molecular formula is C14H9N3O3. The van der Waals surface area contributed by atoms with Crippen molar-refractivity contribution in [3.63, 3.8) is 0 Å². The van der Waals surface area contributed by atoms with Gasteiger partial charge in [0.25, 0.3) is 11.2 Å². The maximum atomic E-state index is 12.0. The summed E-state index contributed by atoms with van der Waals surface area (Å²) in [6, 6.07) is 12.9. The monoisotopic (exact) mass is 267 g/mol. The van der Waals surface area contributed by atoms with Crippen molar-refractivity contribution in [2.75, 3.05) is 0 Å². The minimum Gasteiger partial charge on any atom is -0.319 e. The first-order chi connectivity index (χ1) is 9.65. The van der Waals surface area contributed by atoms with Crippen LogP contribution in [-0.2, 0) is 0 Å². The smallest absolute Gasteiger partial charge is 0.274 e. The van der Waals surface area contributed by atoms with Crippen LogP contribution in [0.15, 0.2) is 53.3 Å². The summed E-state index contributed by atoms with van der Waals surface area (Å²) in [6.45, 7) is 0. The molecule has 0 amide bonds. The highest BCUT2D eigenvalue weighted by atomic mass is 16.6. The third kappa shape index (κ3) is 2.03. The second kappa shape index (κ2) is 4.58. The van der Waals surface area contributed by atoms with Gasteiger partial charge in [0.15, 0.2) is 0 Å². The Bertz CT molecular complexity index is 853. The van der Waals surface area contributed by atoms with Crippen LogP contribution in [0.25, 0.3) is 22.3 Å². The number of nitro groups is 1. The number of hydrogen-bond donors (Lipinski definition) is 1. The fourth-order valence-corrected chi connectivity index (χ4v) is 1.97. The molecule has 98 valence electrons. The number of hydrogen-bond acceptors (Lipinski definition) is 4. The molecule has 0 saturated heterocycles. The lowest BCUT2D eigenvalue weighted by molar-refractivity contribution is -0.384. The lowest BCUT2D eigenvalue weighted by Crippen LogP contribution is -2.11.